The maximum absolute atomic E-state index is 12.9. The van der Waals surface area contributed by atoms with E-state index in [1.807, 2.05) is 0 Å². The van der Waals surface area contributed by atoms with Crippen LogP contribution in [-0.2, 0) is 9.63 Å². The minimum atomic E-state index is -3.62. The Hall–Kier alpha value is -10.2. The van der Waals surface area contributed by atoms with Crippen LogP contribution in [-0.4, -0.2) is 338 Å². The smallest absolute Gasteiger partial charge is 0.324 e. The Morgan fingerprint density at radius 3 is 0.930 bits per heavy atom. The fourth-order valence-electron chi connectivity index (χ4n) is 7.15. The first-order valence-electron chi connectivity index (χ1n) is 24.5. The van der Waals surface area contributed by atoms with Crippen LogP contribution < -0.4 is 10.9 Å². The quantitative estimate of drug-likeness (QED) is 0.0337. The molecule has 0 radical (unpaired) electrons. The fraction of sp³-hybridized carbons (Fsp3) is 0.839. The van der Waals surface area contributed by atoms with Crippen molar-refractivity contribution in [2.24, 2.45) is 0 Å². The number of amides is 7. The molecular weight excluding hydrogens is 1480 g/mol. The number of nitrogens with one attached hydrogen (secondary N) is 2. The van der Waals surface area contributed by atoms with Gasteiger partial charge in [-0.15, -0.1) is 36.0 Å². The number of hydrogen-bond acceptors (Lipinski definition) is 30. The number of ketones is 1. The van der Waals surface area contributed by atoms with Crippen LogP contribution in [0.2, 0.25) is 0 Å². The highest BCUT2D eigenvalue weighted by molar-refractivity contribution is 5.92. The number of urea groups is 3. The summed E-state index contributed by atoms with van der Waals surface area (Å²) in [6.07, 6.45) is -1.82. The summed E-state index contributed by atoms with van der Waals surface area (Å²) in [7, 11) is 9.14. The van der Waals surface area contributed by atoms with Crippen molar-refractivity contribution < 1.29 is 154 Å². The number of carbonyl (C=O) groups excluding carboxylic acids is 5. The van der Waals surface area contributed by atoms with Gasteiger partial charge in [0, 0.05) is 42.3 Å². The van der Waals surface area contributed by atoms with Crippen molar-refractivity contribution in [3.8, 4) is 0 Å². The molecule has 3 fully saturated rings. The van der Waals surface area contributed by atoms with E-state index in [1.54, 1.807) is 14.1 Å². The van der Waals surface area contributed by atoms with Crippen LogP contribution in [0.25, 0.3) is 0 Å². The zero-order chi connectivity index (χ0) is 79.6. The Kier molecular flexibility index (Phi) is 37.6. The molecule has 3 saturated heterocycles. The lowest BCUT2D eigenvalue weighted by Gasteiger charge is -2.43. The minimum absolute atomic E-state index is 0.0356. The predicted octanol–water partition coefficient (Wildman–Crippen LogP) is 0.426. The first kappa shape index (κ1) is 93.9. The fourth-order valence-corrected chi connectivity index (χ4v) is 7.15. The summed E-state index contributed by atoms with van der Waals surface area (Å²) >= 11 is 0. The second-order valence-electron chi connectivity index (χ2n) is 19.5. The summed E-state index contributed by atoms with van der Waals surface area (Å²) in [6.45, 7) is -12.7. The van der Waals surface area contributed by atoms with Crippen LogP contribution in [0.4, 0.5) is 109 Å². The Morgan fingerprint density at radius 2 is 0.690 bits per heavy atom. The summed E-state index contributed by atoms with van der Waals surface area (Å²) in [6, 6.07) is -1.90. The minimum Gasteiger partial charge on any atom is -0.324 e. The predicted molar refractivity (Wildman–Crippen MR) is 267 cm³/mol. The first-order chi connectivity index (χ1) is 45.3. The van der Waals surface area contributed by atoms with Gasteiger partial charge in [0.05, 0.1) is 114 Å². The van der Waals surface area contributed by atoms with E-state index in [4.69, 9.17) is 0 Å². The van der Waals surface area contributed by atoms with E-state index in [-0.39, 0.29) is 49.8 Å². The van der Waals surface area contributed by atoms with Crippen LogP contribution in [0.1, 0.15) is 0 Å². The van der Waals surface area contributed by atoms with Gasteiger partial charge < -0.3 is 29.4 Å². The molecule has 0 aliphatic carbocycles. The summed E-state index contributed by atoms with van der Waals surface area (Å²) in [4.78, 5) is 135. The molecule has 0 unspecified atom stereocenters. The zero-order valence-corrected chi connectivity index (χ0v) is 51.3. The van der Waals surface area contributed by atoms with Gasteiger partial charge in [0.1, 0.15) is 39.3 Å². The molecule has 100 heavy (non-hydrogen) atoms. The van der Waals surface area contributed by atoms with Crippen LogP contribution >= 0.6 is 0 Å². The van der Waals surface area contributed by atoms with E-state index in [0.29, 0.717) is 33.1 Å². The molecule has 0 atom stereocenters. The van der Waals surface area contributed by atoms with Crippen LogP contribution in [0.15, 0.2) is 0 Å². The molecule has 2 N–H and O–H groups in total. The average molecular weight is 1530 g/mol. The van der Waals surface area contributed by atoms with Crippen LogP contribution in [0, 0.1) is 70.8 Å². The molecule has 3 aliphatic heterocycles. The Bertz CT molecular complexity index is 2650. The van der Waals surface area contributed by atoms with Gasteiger partial charge >= 0.3 is 29.3 Å². The maximum Gasteiger partial charge on any atom is 0.398 e. The molecule has 69 heteroatoms. The lowest BCUT2D eigenvalue weighted by atomic mass is 10.1. The van der Waals surface area contributed by atoms with Gasteiger partial charge in [-0.1, -0.05) is 89.6 Å². The highest BCUT2D eigenvalue weighted by Crippen LogP contribution is 2.32. The highest BCUT2D eigenvalue weighted by atomic mass is 19.4. The molecule has 3 rings (SSSR count). The maximum atomic E-state index is 12.9. The van der Waals surface area contributed by atoms with Crippen molar-refractivity contribution in [2.45, 2.75) is 28.3 Å². The number of carbonyl (C=O) groups is 5. The first-order valence-corrected chi connectivity index (χ1v) is 24.5. The number of Topliss-reactive ketones (excluding diaryl/α,β-unsaturated/α-hetero) is 1. The van der Waals surface area contributed by atoms with E-state index >= 15 is 0 Å². The number of nitro groups is 6. The van der Waals surface area contributed by atoms with Crippen molar-refractivity contribution in [3.05, 3.63) is 70.8 Å². The van der Waals surface area contributed by atoms with Gasteiger partial charge in [-0.25, -0.2) is 84.7 Å². The molecule has 0 aromatic rings. The molecule has 49 nitrogen and oxygen atoms in total. The lowest BCUT2D eigenvalue weighted by molar-refractivity contribution is -0.729. The Morgan fingerprint density at radius 1 is 0.430 bits per heavy atom. The molecular formula is C31H53F20N29O20. The van der Waals surface area contributed by atoms with Gasteiger partial charge in [-0.2, -0.15) is 0 Å². The molecule has 582 valence electrons. The summed E-state index contributed by atoms with van der Waals surface area (Å²) in [5, 5.41) is 42.2. The van der Waals surface area contributed by atoms with Gasteiger partial charge in [0.15, 0.2) is 36.0 Å². The van der Waals surface area contributed by atoms with E-state index in [9.17, 15) is 184 Å². The van der Waals surface area contributed by atoms with Crippen molar-refractivity contribution >= 4 is 30.0 Å². The van der Waals surface area contributed by atoms with Crippen LogP contribution in [0.3, 0.4) is 0 Å². The van der Waals surface area contributed by atoms with Crippen molar-refractivity contribution in [3.63, 3.8) is 0 Å². The summed E-state index contributed by atoms with van der Waals surface area (Å²) < 4.78 is 251. The van der Waals surface area contributed by atoms with Crippen LogP contribution in [0.5, 0.6) is 0 Å². The highest BCUT2D eigenvalue weighted by Gasteiger charge is 2.59. The number of hydrogen-bond donors (Lipinski definition) is 2. The van der Waals surface area contributed by atoms with Crippen molar-refractivity contribution in [1.82, 2.24) is 114 Å². The number of nitrogens with zero attached hydrogens (tertiary/aromatic N) is 27. The van der Waals surface area contributed by atoms with Gasteiger partial charge in [0.2, 0.25) is 28.3 Å². The number of halogens is 20. The molecule has 0 spiro atoms. The third-order valence-corrected chi connectivity index (χ3v) is 12.1. The number of hydrazine groups is 6. The lowest BCUT2D eigenvalue weighted by Crippen LogP contribution is -2.69. The second-order valence-corrected chi connectivity index (χ2v) is 19.5. The van der Waals surface area contributed by atoms with E-state index in [1.165, 1.54) is 23.9 Å². The normalized spacial score (nSPS) is 15.5. The molecule has 0 bridgehead atoms. The third kappa shape index (κ3) is 26.5. The van der Waals surface area contributed by atoms with Gasteiger partial charge in [-0.3, -0.25) is 4.79 Å². The van der Waals surface area contributed by atoms with E-state index < -0.39 is 201 Å². The molecule has 0 saturated carbocycles. The third-order valence-electron chi connectivity index (χ3n) is 12.1. The molecule has 0 aromatic heterocycles. The standard InChI is InChI=1S/C6H10F4N6O6.C6H10F4N4O.C6H10N2O2.C5H10F4N6O4.C5H7F4N5O3.C3H6F4N6O4/c1-11(5(17)22-16(20)21)3-6(13(7)8,14(9)10)4-12(2)15(18)19;1-11-3-6(13(7)8,14(9)10)4-12(2)5(11)15;1-7-3-5(9)4-8(2)6(7)10;1-10(14(16)17)3-5(12(6)7,13(8)9)4-11(2)15(18)19;1-10-2-5(12(6)7,13(8)9)3-11(4(10)15)14(16)17;4-10(5)3(11(6)7,1-8-12(14)15)2-9-13(16)17/h3-4H2,1-2H3;3-4H2,1-2H3;3-4H2,1-2H3;3-4H2,1-2H3;2-3H2,1H3;8-9H,1-2H2. The van der Waals surface area contributed by atoms with Crippen molar-refractivity contribution in [1.29, 1.82) is 0 Å². The number of likely N-dealkylation sites (N-methyl/N-ethyl adjacent to an activating group) is 9. The number of rotatable bonds is 29. The molecule has 3 aliphatic rings. The van der Waals surface area contributed by atoms with Gasteiger partial charge in [-0.05, 0) is 5.01 Å². The summed E-state index contributed by atoms with van der Waals surface area (Å²) in [5.41, 5.74) is -14.5. The van der Waals surface area contributed by atoms with E-state index in [0.717, 1.165) is 27.7 Å². The molecule has 7 amide bonds. The van der Waals surface area contributed by atoms with E-state index in [2.05, 4.69) is 4.84 Å². The monoisotopic (exact) mass is 1530 g/mol. The SMILES string of the molecule is CN(CC(CN(C)[N+](=O)[O-])(N(F)F)N(F)F)C(=O)O[N+](=O)[O-].CN(CC(CN(C)[N+](=O)[O-])(N(F)F)N(F)F)[N+](=O)[O-].CN1CC(=O)CN(C)C1=O.CN1CC(N(F)F)(N(F)F)CN(C)C1=O.CN1CC(N(F)F)(N(F)F)CN([N+](=O)[O-])C1=O.O=[N+]([O-])NCC(CN[N+](=O)[O-])(N(F)F)N(F)F. The zero-order valence-electron chi connectivity index (χ0n) is 51.3. The Balaban J connectivity index is -0.00000114. The molecule has 3 heterocycles. The summed E-state index contributed by atoms with van der Waals surface area (Å²) in [5.74, 6) is 0.0876. The topological polar surface area (TPSA) is 485 Å². The second kappa shape index (κ2) is 40.0. The van der Waals surface area contributed by atoms with Gasteiger partial charge in [0.25, 0.3) is 0 Å². The largest absolute Gasteiger partial charge is 0.398 e. The Labute approximate surface area is 538 Å². The van der Waals surface area contributed by atoms with Crippen molar-refractivity contribution in [2.75, 3.05) is 142 Å². The average Bonchev–Trinajstić information content (AvgIpc) is 0.791. The molecule has 0 aromatic carbocycles.